The van der Waals surface area contributed by atoms with E-state index in [0.29, 0.717) is 17.0 Å². The number of rotatable bonds is 8. The van der Waals surface area contributed by atoms with Crippen molar-refractivity contribution in [3.8, 4) is 0 Å². The Balaban J connectivity index is 1.95. The van der Waals surface area contributed by atoms with Crippen LogP contribution in [0.15, 0.2) is 48.5 Å². The molecule has 0 aliphatic carbocycles. The van der Waals surface area contributed by atoms with Gasteiger partial charge in [0.25, 0.3) is 0 Å². The van der Waals surface area contributed by atoms with Crippen LogP contribution in [0.1, 0.15) is 36.3 Å². The Morgan fingerprint density at radius 2 is 1.63 bits per heavy atom. The molecule has 27 heavy (non-hydrogen) atoms. The number of halogens is 2. The lowest BCUT2D eigenvalue weighted by Gasteiger charge is -2.15. The van der Waals surface area contributed by atoms with E-state index in [1.165, 1.54) is 12.1 Å². The van der Waals surface area contributed by atoms with Crippen LogP contribution in [0.5, 0.6) is 0 Å². The molecule has 0 radical (unpaired) electrons. The Morgan fingerprint density at radius 1 is 0.926 bits per heavy atom. The lowest BCUT2D eigenvalue weighted by molar-refractivity contribution is -0.159. The fourth-order valence-electron chi connectivity index (χ4n) is 2.60. The van der Waals surface area contributed by atoms with Crippen LogP contribution in [0, 0.1) is 0 Å². The molecule has 0 fully saturated rings. The molecule has 0 heterocycles. The highest BCUT2D eigenvalue weighted by Gasteiger charge is 2.22. The first-order chi connectivity index (χ1) is 12.8. The Bertz CT molecular complexity index is 820. The summed E-state index contributed by atoms with van der Waals surface area (Å²) in [5.41, 5.74) is 1.50. The molecule has 1 N–H and O–H groups in total. The lowest BCUT2D eigenvalue weighted by atomic mass is 9.92. The fourth-order valence-corrected chi connectivity index (χ4v) is 2.90. The van der Waals surface area contributed by atoms with Crippen molar-refractivity contribution < 1.29 is 24.2 Å². The molecule has 0 aliphatic rings. The minimum absolute atomic E-state index is 0.0616. The molecule has 0 aromatic heterocycles. The Kier molecular flexibility index (Phi) is 7.82. The van der Waals surface area contributed by atoms with Gasteiger partial charge >= 0.3 is 17.9 Å². The monoisotopic (exact) mass is 408 g/mol. The maximum Gasteiger partial charge on any atom is 0.314 e. The van der Waals surface area contributed by atoms with Crippen LogP contribution in [0.3, 0.4) is 0 Å². The molecule has 2 rings (SSSR count). The highest BCUT2D eigenvalue weighted by Crippen LogP contribution is 2.30. The molecule has 0 saturated heterocycles. The molecule has 0 amide bonds. The number of hydrogen-bond donors (Lipinski definition) is 1. The van der Waals surface area contributed by atoms with Gasteiger partial charge in [-0.2, -0.15) is 0 Å². The number of carboxylic acid groups (broad SMARTS) is 1. The summed E-state index contributed by atoms with van der Waals surface area (Å²) in [5.74, 6) is -3.17. The van der Waals surface area contributed by atoms with Gasteiger partial charge in [0.05, 0.1) is 29.3 Å². The Morgan fingerprint density at radius 3 is 2.26 bits per heavy atom. The molecule has 7 heteroatoms. The normalized spacial score (nSPS) is 11.6. The van der Waals surface area contributed by atoms with Crippen molar-refractivity contribution in [3.63, 3.8) is 0 Å². The molecule has 142 valence electrons. The Hall–Kier alpha value is -2.37. The van der Waals surface area contributed by atoms with Gasteiger partial charge in [0, 0.05) is 5.92 Å². The number of carbonyl (C=O) groups is 3. The van der Waals surface area contributed by atoms with Crippen LogP contribution in [-0.4, -0.2) is 23.0 Å². The van der Waals surface area contributed by atoms with Crippen LogP contribution >= 0.6 is 23.2 Å². The van der Waals surface area contributed by atoms with Crippen LogP contribution in [-0.2, 0) is 25.5 Å². The van der Waals surface area contributed by atoms with E-state index < -0.39 is 23.8 Å². The highest BCUT2D eigenvalue weighted by atomic mass is 35.5. The van der Waals surface area contributed by atoms with E-state index in [9.17, 15) is 14.4 Å². The van der Waals surface area contributed by atoms with Crippen molar-refractivity contribution in [2.45, 2.75) is 31.6 Å². The summed E-state index contributed by atoms with van der Waals surface area (Å²) in [6, 6.07) is 14.0. The number of carboxylic acids is 1. The van der Waals surface area contributed by atoms with Gasteiger partial charge in [-0.25, -0.2) is 0 Å². The molecule has 2 aromatic rings. The summed E-state index contributed by atoms with van der Waals surface area (Å²) < 4.78 is 4.83. The van der Waals surface area contributed by atoms with Gasteiger partial charge in [0.2, 0.25) is 0 Å². The van der Waals surface area contributed by atoms with Gasteiger partial charge in [0.1, 0.15) is 0 Å². The second kappa shape index (κ2) is 10.1. The van der Waals surface area contributed by atoms with Crippen molar-refractivity contribution in [1.29, 1.82) is 0 Å². The zero-order valence-corrected chi connectivity index (χ0v) is 15.9. The van der Waals surface area contributed by atoms with Crippen LogP contribution in [0.25, 0.3) is 0 Å². The van der Waals surface area contributed by atoms with Crippen LogP contribution in [0.2, 0.25) is 10.0 Å². The smallest absolute Gasteiger partial charge is 0.314 e. The Labute approximate surface area is 166 Å². The number of ether oxygens (including phenoxy) is 1. The molecule has 1 unspecified atom stereocenters. The largest absolute Gasteiger partial charge is 0.481 e. The second-order valence-electron chi connectivity index (χ2n) is 6.00. The van der Waals surface area contributed by atoms with Crippen molar-refractivity contribution >= 4 is 41.1 Å². The van der Waals surface area contributed by atoms with E-state index in [4.69, 9.17) is 33.0 Å². The first-order valence-corrected chi connectivity index (χ1v) is 9.05. The van der Waals surface area contributed by atoms with Gasteiger partial charge in [-0.3, -0.25) is 14.4 Å². The van der Waals surface area contributed by atoms with Crippen LogP contribution in [0.4, 0.5) is 0 Å². The summed E-state index contributed by atoms with van der Waals surface area (Å²) >= 11 is 11.8. The number of esters is 2. The zero-order valence-electron chi connectivity index (χ0n) is 14.4. The molecule has 1 atom stereocenters. The van der Waals surface area contributed by atoms with E-state index in [1.54, 1.807) is 6.07 Å². The van der Waals surface area contributed by atoms with E-state index in [1.807, 2.05) is 30.3 Å². The third-order valence-electron chi connectivity index (χ3n) is 3.94. The lowest BCUT2D eigenvalue weighted by Crippen LogP contribution is -2.17. The number of carbonyl (C=O) groups excluding carboxylic acids is 2. The quantitative estimate of drug-likeness (QED) is 0.507. The van der Waals surface area contributed by atoms with E-state index >= 15 is 0 Å². The molecule has 5 nitrogen and oxygen atoms in total. The van der Waals surface area contributed by atoms with Crippen molar-refractivity contribution in [2.75, 3.05) is 0 Å². The van der Waals surface area contributed by atoms with E-state index in [0.717, 1.165) is 5.56 Å². The minimum atomic E-state index is -1.07. The van der Waals surface area contributed by atoms with Gasteiger partial charge < -0.3 is 9.84 Å². The second-order valence-corrected chi connectivity index (χ2v) is 6.82. The summed E-state index contributed by atoms with van der Waals surface area (Å²) in [5, 5.41) is 9.68. The molecule has 2 aromatic carbocycles. The topological polar surface area (TPSA) is 80.7 Å². The maximum atomic E-state index is 12.1. The van der Waals surface area contributed by atoms with Crippen LogP contribution < -0.4 is 0 Å². The summed E-state index contributed by atoms with van der Waals surface area (Å²) in [4.78, 5) is 35.1. The predicted octanol–water partition coefficient (Wildman–Crippen LogP) is 4.64. The van der Waals surface area contributed by atoms with E-state index in [-0.39, 0.29) is 24.3 Å². The average Bonchev–Trinajstić information content (AvgIpc) is 2.62. The molecular weight excluding hydrogens is 391 g/mol. The molecule has 0 aliphatic heterocycles. The van der Waals surface area contributed by atoms with Crippen molar-refractivity contribution in [2.24, 2.45) is 0 Å². The van der Waals surface area contributed by atoms with E-state index in [2.05, 4.69) is 0 Å². The first kappa shape index (κ1) is 20.9. The molecule has 0 saturated carbocycles. The third kappa shape index (κ3) is 7.04. The zero-order chi connectivity index (χ0) is 19.8. The number of aliphatic carboxylic acids is 1. The predicted molar refractivity (Wildman–Crippen MR) is 102 cm³/mol. The molecule has 0 bridgehead atoms. The van der Waals surface area contributed by atoms with Gasteiger partial charge in [-0.05, 0) is 29.7 Å². The SMILES string of the molecule is O=C(O)CC(CC(=O)OC(=O)CCc1ccccc1)c1ccc(Cl)c(Cl)c1. The van der Waals surface area contributed by atoms with Gasteiger partial charge in [-0.15, -0.1) is 0 Å². The summed E-state index contributed by atoms with van der Waals surface area (Å²) in [6.45, 7) is 0. The highest BCUT2D eigenvalue weighted by molar-refractivity contribution is 6.42. The first-order valence-electron chi connectivity index (χ1n) is 8.29. The third-order valence-corrected chi connectivity index (χ3v) is 4.68. The number of benzene rings is 2. The molecular formula is C20H18Cl2O5. The average molecular weight is 409 g/mol. The molecule has 0 spiro atoms. The van der Waals surface area contributed by atoms with Crippen molar-refractivity contribution in [3.05, 3.63) is 69.7 Å². The standard InChI is InChI=1S/C20H18Cl2O5/c21-16-8-7-14(10-17(16)22)15(11-18(23)24)12-20(26)27-19(25)9-6-13-4-2-1-3-5-13/h1-5,7-8,10,15H,6,9,11-12H2,(H,23,24). The van der Waals surface area contributed by atoms with Gasteiger partial charge in [0.15, 0.2) is 0 Å². The minimum Gasteiger partial charge on any atom is -0.481 e. The fraction of sp³-hybridized carbons (Fsp3) is 0.250. The number of hydrogen-bond acceptors (Lipinski definition) is 4. The summed E-state index contributed by atoms with van der Waals surface area (Å²) in [7, 11) is 0. The maximum absolute atomic E-state index is 12.1. The van der Waals surface area contributed by atoms with Gasteiger partial charge in [-0.1, -0.05) is 59.6 Å². The summed E-state index contributed by atoms with van der Waals surface area (Å²) in [6.07, 6.45) is -0.0307. The van der Waals surface area contributed by atoms with Crippen molar-refractivity contribution in [1.82, 2.24) is 0 Å². The number of aryl methyl sites for hydroxylation is 1.